The molecule has 0 aliphatic carbocycles. The zero-order chi connectivity index (χ0) is 11.4. The third-order valence-corrected chi connectivity index (χ3v) is 2.65. The van der Waals surface area contributed by atoms with E-state index in [0.717, 1.165) is 19.4 Å². The maximum absolute atomic E-state index is 13.3. The van der Waals surface area contributed by atoms with Gasteiger partial charge in [0.05, 0.1) is 11.7 Å². The number of anilines is 1. The normalized spacial score (nSPS) is 19.4. The molecule has 1 aromatic rings. The molecule has 1 N–H and O–H groups in total. The Morgan fingerprint density at radius 1 is 1.56 bits per heavy atom. The molecule has 1 atom stereocenters. The van der Waals surface area contributed by atoms with Gasteiger partial charge in [0.1, 0.15) is 11.9 Å². The Labute approximate surface area is 93.8 Å². The van der Waals surface area contributed by atoms with Crippen LogP contribution in [0.1, 0.15) is 18.4 Å². The summed E-state index contributed by atoms with van der Waals surface area (Å²) in [5.41, 5.74) is 0.759. The molecular formula is C12H13FN2O. The van der Waals surface area contributed by atoms with E-state index in [9.17, 15) is 4.39 Å². The second kappa shape index (κ2) is 4.95. The lowest BCUT2D eigenvalue weighted by Crippen LogP contribution is -2.18. The van der Waals surface area contributed by atoms with Gasteiger partial charge in [-0.3, -0.25) is 0 Å². The second-order valence-corrected chi connectivity index (χ2v) is 3.82. The molecule has 2 rings (SSSR count). The first-order valence-corrected chi connectivity index (χ1v) is 5.35. The van der Waals surface area contributed by atoms with Gasteiger partial charge < -0.3 is 10.1 Å². The molecule has 1 unspecified atom stereocenters. The Bertz CT molecular complexity index is 408. The van der Waals surface area contributed by atoms with Crippen LogP contribution in [0.15, 0.2) is 18.2 Å². The lowest BCUT2D eigenvalue weighted by Gasteiger charge is -2.11. The maximum atomic E-state index is 13.3. The summed E-state index contributed by atoms with van der Waals surface area (Å²) in [6, 6.07) is 6.32. The van der Waals surface area contributed by atoms with E-state index in [1.54, 1.807) is 12.1 Å². The van der Waals surface area contributed by atoms with Crippen LogP contribution in [0, 0.1) is 17.1 Å². The number of nitriles is 1. The summed E-state index contributed by atoms with van der Waals surface area (Å²) < 4.78 is 18.7. The molecule has 1 aliphatic heterocycles. The first-order valence-electron chi connectivity index (χ1n) is 5.35. The SMILES string of the molecule is N#Cc1ccc(NCC2CCCO2)cc1F. The van der Waals surface area contributed by atoms with Gasteiger partial charge in [-0.05, 0) is 31.0 Å². The molecule has 0 radical (unpaired) electrons. The predicted octanol–water partition coefficient (Wildman–Crippen LogP) is 2.29. The third-order valence-electron chi connectivity index (χ3n) is 2.65. The Morgan fingerprint density at radius 3 is 3.06 bits per heavy atom. The zero-order valence-corrected chi connectivity index (χ0v) is 8.87. The zero-order valence-electron chi connectivity index (χ0n) is 8.87. The highest BCUT2D eigenvalue weighted by Gasteiger charge is 2.14. The first kappa shape index (κ1) is 10.9. The van der Waals surface area contributed by atoms with Crippen molar-refractivity contribution >= 4 is 5.69 Å². The van der Waals surface area contributed by atoms with Crippen molar-refractivity contribution in [2.45, 2.75) is 18.9 Å². The quantitative estimate of drug-likeness (QED) is 0.850. The summed E-state index contributed by atoms with van der Waals surface area (Å²) in [5, 5.41) is 11.7. The van der Waals surface area contributed by atoms with E-state index < -0.39 is 5.82 Å². The summed E-state index contributed by atoms with van der Waals surface area (Å²) >= 11 is 0. The monoisotopic (exact) mass is 220 g/mol. The van der Waals surface area contributed by atoms with Crippen molar-refractivity contribution in [2.75, 3.05) is 18.5 Å². The highest BCUT2D eigenvalue weighted by molar-refractivity contribution is 5.48. The fourth-order valence-electron chi connectivity index (χ4n) is 1.75. The fraction of sp³-hybridized carbons (Fsp3) is 0.417. The third kappa shape index (κ3) is 2.50. The number of nitrogens with one attached hydrogen (secondary N) is 1. The average Bonchev–Trinajstić information content (AvgIpc) is 2.79. The minimum Gasteiger partial charge on any atom is -0.382 e. The van der Waals surface area contributed by atoms with Crippen molar-refractivity contribution in [1.29, 1.82) is 5.26 Å². The molecule has 1 aromatic carbocycles. The van der Waals surface area contributed by atoms with E-state index >= 15 is 0 Å². The number of rotatable bonds is 3. The predicted molar refractivity (Wildman–Crippen MR) is 58.6 cm³/mol. The number of halogens is 1. The molecule has 1 heterocycles. The highest BCUT2D eigenvalue weighted by Crippen LogP contribution is 2.16. The largest absolute Gasteiger partial charge is 0.382 e. The number of hydrogen-bond acceptors (Lipinski definition) is 3. The van der Waals surface area contributed by atoms with E-state index in [2.05, 4.69) is 5.32 Å². The molecule has 3 nitrogen and oxygen atoms in total. The van der Waals surface area contributed by atoms with Gasteiger partial charge in [-0.2, -0.15) is 5.26 Å². The molecule has 0 aromatic heterocycles. The summed E-state index contributed by atoms with van der Waals surface area (Å²) in [5.74, 6) is -0.486. The Balaban J connectivity index is 1.94. The molecule has 1 aliphatic rings. The number of nitrogens with zero attached hydrogens (tertiary/aromatic N) is 1. The minimum atomic E-state index is -0.486. The van der Waals surface area contributed by atoms with E-state index in [1.807, 2.05) is 0 Å². The number of hydrogen-bond donors (Lipinski definition) is 1. The van der Waals surface area contributed by atoms with Crippen LogP contribution in [0.3, 0.4) is 0 Å². The number of benzene rings is 1. The summed E-state index contributed by atoms with van der Waals surface area (Å²) in [6.07, 6.45) is 2.36. The lowest BCUT2D eigenvalue weighted by molar-refractivity contribution is 0.120. The molecule has 1 fully saturated rings. The van der Waals surface area contributed by atoms with Crippen molar-refractivity contribution in [1.82, 2.24) is 0 Å². The molecule has 0 bridgehead atoms. The van der Waals surface area contributed by atoms with E-state index in [-0.39, 0.29) is 11.7 Å². The van der Waals surface area contributed by atoms with E-state index in [1.165, 1.54) is 12.1 Å². The standard InChI is InChI=1S/C12H13FN2O/c13-12-6-10(4-3-9(12)7-14)15-8-11-2-1-5-16-11/h3-4,6,11,15H,1-2,5,8H2. The highest BCUT2D eigenvalue weighted by atomic mass is 19.1. The van der Waals surface area contributed by atoms with Crippen LogP contribution in [0.25, 0.3) is 0 Å². The van der Waals surface area contributed by atoms with Crippen LogP contribution in [-0.2, 0) is 4.74 Å². The van der Waals surface area contributed by atoms with E-state index in [0.29, 0.717) is 12.2 Å². The van der Waals surface area contributed by atoms with E-state index in [4.69, 9.17) is 10.00 Å². The van der Waals surface area contributed by atoms with Crippen molar-refractivity contribution in [3.63, 3.8) is 0 Å². The van der Waals surface area contributed by atoms with Gasteiger partial charge in [-0.1, -0.05) is 0 Å². The summed E-state index contributed by atoms with van der Waals surface area (Å²) in [6.45, 7) is 1.50. The Morgan fingerprint density at radius 2 is 2.44 bits per heavy atom. The average molecular weight is 220 g/mol. The summed E-state index contributed by atoms with van der Waals surface area (Å²) in [7, 11) is 0. The van der Waals surface area contributed by atoms with Crippen LogP contribution in [0.4, 0.5) is 10.1 Å². The second-order valence-electron chi connectivity index (χ2n) is 3.82. The molecular weight excluding hydrogens is 207 g/mol. The minimum absolute atomic E-state index is 0.0719. The fourth-order valence-corrected chi connectivity index (χ4v) is 1.75. The molecule has 0 spiro atoms. The van der Waals surface area contributed by atoms with Crippen LogP contribution in [-0.4, -0.2) is 19.3 Å². The molecule has 1 saturated heterocycles. The maximum Gasteiger partial charge on any atom is 0.143 e. The first-order chi connectivity index (χ1) is 7.79. The van der Waals surface area contributed by atoms with Gasteiger partial charge in [-0.25, -0.2) is 4.39 Å². The molecule has 0 saturated carbocycles. The van der Waals surface area contributed by atoms with Crippen molar-refractivity contribution in [3.8, 4) is 6.07 Å². The topological polar surface area (TPSA) is 45.0 Å². The van der Waals surface area contributed by atoms with Crippen molar-refractivity contribution in [3.05, 3.63) is 29.6 Å². The van der Waals surface area contributed by atoms with Gasteiger partial charge in [0.25, 0.3) is 0 Å². The molecule has 4 heteroatoms. The van der Waals surface area contributed by atoms with Crippen LogP contribution in [0.2, 0.25) is 0 Å². The van der Waals surface area contributed by atoms with Crippen LogP contribution >= 0.6 is 0 Å². The molecule has 16 heavy (non-hydrogen) atoms. The number of ether oxygens (including phenoxy) is 1. The van der Waals surface area contributed by atoms with Crippen molar-refractivity contribution in [2.24, 2.45) is 0 Å². The van der Waals surface area contributed by atoms with Gasteiger partial charge in [0.2, 0.25) is 0 Å². The van der Waals surface area contributed by atoms with Crippen molar-refractivity contribution < 1.29 is 9.13 Å². The smallest absolute Gasteiger partial charge is 0.143 e. The Hall–Kier alpha value is -1.60. The van der Waals surface area contributed by atoms with Gasteiger partial charge >= 0.3 is 0 Å². The molecule has 84 valence electrons. The molecule has 0 amide bonds. The Kier molecular flexibility index (Phi) is 3.37. The van der Waals surface area contributed by atoms with Crippen LogP contribution in [0.5, 0.6) is 0 Å². The van der Waals surface area contributed by atoms with Gasteiger partial charge in [0.15, 0.2) is 0 Å². The lowest BCUT2D eigenvalue weighted by atomic mass is 10.2. The van der Waals surface area contributed by atoms with Crippen LogP contribution < -0.4 is 5.32 Å². The summed E-state index contributed by atoms with van der Waals surface area (Å²) in [4.78, 5) is 0. The van der Waals surface area contributed by atoms with Gasteiger partial charge in [-0.15, -0.1) is 0 Å². The van der Waals surface area contributed by atoms with Gasteiger partial charge in [0, 0.05) is 18.8 Å².